The van der Waals surface area contributed by atoms with Gasteiger partial charge in [0.1, 0.15) is 12.1 Å². The average Bonchev–Trinajstić information content (AvgIpc) is 3.11. The van der Waals surface area contributed by atoms with Gasteiger partial charge in [0.2, 0.25) is 0 Å². The average molecular weight is 257 g/mol. The third-order valence-electron chi connectivity index (χ3n) is 2.93. The number of nitrogens with zero attached hydrogens (tertiary/aromatic N) is 3. The van der Waals surface area contributed by atoms with E-state index in [1.807, 2.05) is 6.20 Å². The lowest BCUT2D eigenvalue weighted by Crippen LogP contribution is -1.92. The summed E-state index contributed by atoms with van der Waals surface area (Å²) in [4.78, 5) is 11.8. The molecule has 0 unspecified atom stereocenters. The smallest absolute Gasteiger partial charge is 0.199 e. The summed E-state index contributed by atoms with van der Waals surface area (Å²) in [7, 11) is 0. The first-order valence-corrected chi connectivity index (χ1v) is 6.31. The van der Waals surface area contributed by atoms with Gasteiger partial charge in [-0.1, -0.05) is 13.3 Å². The fraction of sp³-hybridized carbons (Fsp3) is 0.308. The number of oxazole rings is 1. The lowest BCUT2D eigenvalue weighted by Gasteiger charge is -1.98. The van der Waals surface area contributed by atoms with Crippen LogP contribution in [0.3, 0.4) is 0 Å². The van der Waals surface area contributed by atoms with Crippen LogP contribution in [0, 0.1) is 0 Å². The highest BCUT2D eigenvalue weighted by Gasteiger charge is 2.13. The molecule has 0 spiro atoms. The van der Waals surface area contributed by atoms with Gasteiger partial charge in [0.15, 0.2) is 5.89 Å². The van der Waals surface area contributed by atoms with E-state index >= 15 is 0 Å². The molecule has 0 fully saturated rings. The van der Waals surface area contributed by atoms with Crippen molar-refractivity contribution >= 4 is 0 Å². The fourth-order valence-electron chi connectivity index (χ4n) is 2.04. The molecule has 6 heteroatoms. The molecule has 0 aromatic carbocycles. The molecule has 0 amide bonds. The van der Waals surface area contributed by atoms with Gasteiger partial charge in [-0.15, -0.1) is 0 Å². The largest absolute Gasteiger partial charge is 0.449 e. The Hall–Kier alpha value is -2.37. The minimum Gasteiger partial charge on any atom is -0.449 e. The Balaban J connectivity index is 1.86. The van der Waals surface area contributed by atoms with Crippen LogP contribution in [0.15, 0.2) is 29.3 Å². The number of nitrogens with one attached hydrogen (secondary N) is 2. The molecule has 0 atom stereocenters. The molecule has 3 rings (SSSR count). The van der Waals surface area contributed by atoms with E-state index in [0.717, 1.165) is 35.6 Å². The summed E-state index contributed by atoms with van der Waals surface area (Å²) in [6, 6.07) is 0. The van der Waals surface area contributed by atoms with Gasteiger partial charge in [0.05, 0.1) is 30.1 Å². The number of aromatic amines is 2. The van der Waals surface area contributed by atoms with Crippen LogP contribution in [0.2, 0.25) is 0 Å². The van der Waals surface area contributed by atoms with Gasteiger partial charge < -0.3 is 9.40 Å². The van der Waals surface area contributed by atoms with Crippen LogP contribution >= 0.6 is 0 Å². The zero-order valence-electron chi connectivity index (χ0n) is 10.7. The SMILES string of the molecule is CCCc1cnc(-c2cn[nH]c2Cc2ncco2)[nH]1. The van der Waals surface area contributed by atoms with Crippen molar-refractivity contribution in [2.24, 2.45) is 0 Å². The van der Waals surface area contributed by atoms with Crippen LogP contribution in [0.25, 0.3) is 11.4 Å². The minimum atomic E-state index is 0.576. The highest BCUT2D eigenvalue weighted by Crippen LogP contribution is 2.21. The molecular formula is C13H15N5O. The first kappa shape index (κ1) is 11.7. The second-order valence-electron chi connectivity index (χ2n) is 4.37. The Labute approximate surface area is 110 Å². The summed E-state index contributed by atoms with van der Waals surface area (Å²) in [5.74, 6) is 1.49. The highest BCUT2D eigenvalue weighted by molar-refractivity contribution is 5.57. The molecule has 0 aliphatic heterocycles. The molecule has 19 heavy (non-hydrogen) atoms. The normalized spacial score (nSPS) is 11.0. The second-order valence-corrected chi connectivity index (χ2v) is 4.37. The highest BCUT2D eigenvalue weighted by atomic mass is 16.3. The van der Waals surface area contributed by atoms with Crippen LogP contribution in [0.5, 0.6) is 0 Å². The predicted octanol–water partition coefficient (Wildman–Crippen LogP) is 2.33. The van der Waals surface area contributed by atoms with Crippen molar-refractivity contribution in [2.75, 3.05) is 0 Å². The zero-order valence-corrected chi connectivity index (χ0v) is 10.7. The summed E-state index contributed by atoms with van der Waals surface area (Å²) in [5.41, 5.74) is 3.04. The molecular weight excluding hydrogens is 242 g/mol. The Morgan fingerprint density at radius 3 is 3.00 bits per heavy atom. The third-order valence-corrected chi connectivity index (χ3v) is 2.93. The summed E-state index contributed by atoms with van der Waals surface area (Å²) in [6.45, 7) is 2.15. The van der Waals surface area contributed by atoms with E-state index in [9.17, 15) is 0 Å². The predicted molar refractivity (Wildman–Crippen MR) is 69.5 cm³/mol. The maximum Gasteiger partial charge on any atom is 0.199 e. The molecule has 98 valence electrons. The van der Waals surface area contributed by atoms with E-state index in [1.165, 1.54) is 0 Å². The molecule has 3 heterocycles. The molecule has 0 aliphatic rings. The quantitative estimate of drug-likeness (QED) is 0.734. The number of hydrogen-bond acceptors (Lipinski definition) is 4. The topological polar surface area (TPSA) is 83.4 Å². The Bertz CT molecular complexity index is 638. The molecule has 6 nitrogen and oxygen atoms in total. The van der Waals surface area contributed by atoms with Crippen molar-refractivity contribution in [1.29, 1.82) is 0 Å². The molecule has 0 saturated heterocycles. The molecule has 0 radical (unpaired) electrons. The Kier molecular flexibility index (Phi) is 3.14. The third kappa shape index (κ3) is 2.42. The van der Waals surface area contributed by atoms with Crippen LogP contribution in [-0.4, -0.2) is 25.1 Å². The van der Waals surface area contributed by atoms with Crippen molar-refractivity contribution in [2.45, 2.75) is 26.2 Å². The van der Waals surface area contributed by atoms with Gasteiger partial charge in [-0.05, 0) is 6.42 Å². The van der Waals surface area contributed by atoms with E-state index in [0.29, 0.717) is 12.3 Å². The molecule has 3 aromatic rings. The van der Waals surface area contributed by atoms with E-state index in [2.05, 4.69) is 32.1 Å². The molecule has 0 saturated carbocycles. The van der Waals surface area contributed by atoms with Crippen molar-refractivity contribution in [1.82, 2.24) is 25.1 Å². The summed E-state index contributed by atoms with van der Waals surface area (Å²) in [6.07, 6.45) is 9.52. The van der Waals surface area contributed by atoms with Crippen LogP contribution < -0.4 is 0 Å². The first-order chi connectivity index (χ1) is 9.36. The van der Waals surface area contributed by atoms with Crippen LogP contribution in [-0.2, 0) is 12.8 Å². The van der Waals surface area contributed by atoms with Gasteiger partial charge in [0.25, 0.3) is 0 Å². The Morgan fingerprint density at radius 2 is 2.21 bits per heavy atom. The maximum absolute atomic E-state index is 5.25. The summed E-state index contributed by atoms with van der Waals surface area (Å²) in [5, 5.41) is 7.05. The van der Waals surface area contributed by atoms with Crippen LogP contribution in [0.1, 0.15) is 30.6 Å². The van der Waals surface area contributed by atoms with Crippen molar-refractivity contribution in [3.63, 3.8) is 0 Å². The number of imidazole rings is 1. The molecule has 3 aromatic heterocycles. The lowest BCUT2D eigenvalue weighted by molar-refractivity contribution is 0.505. The lowest BCUT2D eigenvalue weighted by atomic mass is 10.2. The van der Waals surface area contributed by atoms with Gasteiger partial charge in [-0.2, -0.15) is 5.10 Å². The summed E-state index contributed by atoms with van der Waals surface area (Å²) >= 11 is 0. The number of aryl methyl sites for hydroxylation is 1. The van der Waals surface area contributed by atoms with Crippen LogP contribution in [0.4, 0.5) is 0 Å². The molecule has 2 N–H and O–H groups in total. The van der Waals surface area contributed by atoms with Gasteiger partial charge in [0, 0.05) is 11.9 Å². The number of hydrogen-bond donors (Lipinski definition) is 2. The maximum atomic E-state index is 5.25. The van der Waals surface area contributed by atoms with Gasteiger partial charge >= 0.3 is 0 Å². The van der Waals surface area contributed by atoms with E-state index < -0.39 is 0 Å². The monoisotopic (exact) mass is 257 g/mol. The van der Waals surface area contributed by atoms with Crippen molar-refractivity contribution < 1.29 is 4.42 Å². The molecule has 0 aliphatic carbocycles. The number of H-pyrrole nitrogens is 2. The molecule has 0 bridgehead atoms. The summed E-state index contributed by atoms with van der Waals surface area (Å²) < 4.78 is 5.25. The zero-order chi connectivity index (χ0) is 13.1. The minimum absolute atomic E-state index is 0.576. The number of rotatable bonds is 5. The van der Waals surface area contributed by atoms with Gasteiger partial charge in [-0.3, -0.25) is 5.10 Å². The van der Waals surface area contributed by atoms with Crippen molar-refractivity contribution in [3.8, 4) is 11.4 Å². The number of aromatic nitrogens is 5. The van der Waals surface area contributed by atoms with E-state index in [-0.39, 0.29) is 0 Å². The Morgan fingerprint density at radius 1 is 1.26 bits per heavy atom. The van der Waals surface area contributed by atoms with E-state index in [4.69, 9.17) is 4.42 Å². The second kappa shape index (κ2) is 5.09. The standard InChI is InChI=1S/C13H15N5O/c1-2-3-9-7-15-13(17-9)10-8-16-18-11(10)6-12-14-4-5-19-12/h4-5,7-8H,2-3,6H2,1H3,(H,15,17)(H,16,18). The first-order valence-electron chi connectivity index (χ1n) is 6.31. The van der Waals surface area contributed by atoms with Crippen molar-refractivity contribution in [3.05, 3.63) is 42.1 Å². The van der Waals surface area contributed by atoms with E-state index in [1.54, 1.807) is 18.7 Å². The fourth-order valence-corrected chi connectivity index (χ4v) is 2.04. The van der Waals surface area contributed by atoms with Gasteiger partial charge in [-0.25, -0.2) is 9.97 Å².